The summed E-state index contributed by atoms with van der Waals surface area (Å²) in [7, 11) is 0. The van der Waals surface area contributed by atoms with Gasteiger partial charge >= 0.3 is 0 Å². The van der Waals surface area contributed by atoms with Gasteiger partial charge in [0.25, 0.3) is 0 Å². The van der Waals surface area contributed by atoms with Gasteiger partial charge in [0.2, 0.25) is 5.91 Å². The molecule has 1 saturated carbocycles. The van der Waals surface area contributed by atoms with E-state index in [4.69, 9.17) is 4.74 Å². The Balaban J connectivity index is 1.69. The lowest BCUT2D eigenvalue weighted by Gasteiger charge is -2.34. The fourth-order valence-corrected chi connectivity index (χ4v) is 3.87. The summed E-state index contributed by atoms with van der Waals surface area (Å²) in [5.74, 6) is 0.777. The van der Waals surface area contributed by atoms with Gasteiger partial charge in [-0.1, -0.05) is 6.42 Å². The second kappa shape index (κ2) is 5.61. The van der Waals surface area contributed by atoms with E-state index >= 15 is 0 Å². The molecule has 0 spiro atoms. The van der Waals surface area contributed by atoms with Crippen LogP contribution in [0.3, 0.4) is 0 Å². The molecule has 4 nitrogen and oxygen atoms in total. The van der Waals surface area contributed by atoms with Gasteiger partial charge in [0.15, 0.2) is 0 Å². The van der Waals surface area contributed by atoms with Gasteiger partial charge in [-0.2, -0.15) is 0 Å². The quantitative estimate of drug-likeness (QED) is 0.764. The van der Waals surface area contributed by atoms with E-state index in [1.807, 2.05) is 4.90 Å². The number of amides is 1. The number of ether oxygens (including phenoxy) is 1. The number of carbonyl (C=O) groups is 2. The molecule has 0 N–H and O–H groups in total. The summed E-state index contributed by atoms with van der Waals surface area (Å²) in [6, 6.07) is 0.181. The molecule has 3 unspecified atom stereocenters. The van der Waals surface area contributed by atoms with Crippen LogP contribution in [0.4, 0.5) is 0 Å². The van der Waals surface area contributed by atoms with Crippen LogP contribution in [0.15, 0.2) is 0 Å². The molecule has 4 heteroatoms. The van der Waals surface area contributed by atoms with E-state index in [1.54, 1.807) is 0 Å². The van der Waals surface area contributed by atoms with Gasteiger partial charge in [-0.05, 0) is 32.1 Å². The normalized spacial score (nSPS) is 35.9. The van der Waals surface area contributed by atoms with Crippen molar-refractivity contribution < 1.29 is 14.3 Å². The zero-order valence-electron chi connectivity index (χ0n) is 11.5. The maximum atomic E-state index is 12.5. The maximum Gasteiger partial charge on any atom is 0.228 e. The highest BCUT2D eigenvalue weighted by Crippen LogP contribution is 2.33. The van der Waals surface area contributed by atoms with Crippen LogP contribution >= 0.6 is 0 Å². The summed E-state index contributed by atoms with van der Waals surface area (Å²) >= 11 is 0. The van der Waals surface area contributed by atoms with Crippen LogP contribution in [-0.2, 0) is 14.3 Å². The SMILES string of the molecule is O=C1CCCCC1C1CCCN1C(=O)C1CCOC1. The Bertz CT molecular complexity index is 362. The van der Waals surface area contributed by atoms with E-state index in [2.05, 4.69) is 0 Å². The molecule has 3 fully saturated rings. The minimum atomic E-state index is 0.0410. The van der Waals surface area contributed by atoms with Gasteiger partial charge in [-0.3, -0.25) is 9.59 Å². The molecule has 0 radical (unpaired) electrons. The highest BCUT2D eigenvalue weighted by Gasteiger charge is 2.41. The molecule has 2 aliphatic heterocycles. The van der Waals surface area contributed by atoms with E-state index in [0.717, 1.165) is 51.5 Å². The van der Waals surface area contributed by atoms with Crippen LogP contribution in [0.1, 0.15) is 44.9 Å². The molecule has 0 bridgehead atoms. The number of nitrogens with zero attached hydrogens (tertiary/aromatic N) is 1. The average molecular weight is 265 g/mol. The maximum absolute atomic E-state index is 12.5. The van der Waals surface area contributed by atoms with Gasteiger partial charge in [0, 0.05) is 31.5 Å². The first-order valence-electron chi connectivity index (χ1n) is 7.68. The predicted molar refractivity (Wildman–Crippen MR) is 70.6 cm³/mol. The number of likely N-dealkylation sites (tertiary alicyclic amines) is 1. The highest BCUT2D eigenvalue weighted by atomic mass is 16.5. The Morgan fingerprint density at radius 2 is 2.05 bits per heavy atom. The van der Waals surface area contributed by atoms with Crippen molar-refractivity contribution in [3.8, 4) is 0 Å². The molecule has 1 amide bonds. The summed E-state index contributed by atoms with van der Waals surface area (Å²) in [6.07, 6.45) is 6.78. The molecule has 19 heavy (non-hydrogen) atoms. The lowest BCUT2D eigenvalue weighted by atomic mass is 9.81. The Kier molecular flexibility index (Phi) is 3.87. The van der Waals surface area contributed by atoms with Gasteiger partial charge < -0.3 is 9.64 Å². The van der Waals surface area contributed by atoms with E-state index in [0.29, 0.717) is 19.0 Å². The summed E-state index contributed by atoms with van der Waals surface area (Å²) in [6.45, 7) is 2.11. The lowest BCUT2D eigenvalue weighted by molar-refractivity contribution is -0.139. The van der Waals surface area contributed by atoms with Crippen molar-refractivity contribution in [3.05, 3.63) is 0 Å². The number of carbonyl (C=O) groups excluding carboxylic acids is 2. The Morgan fingerprint density at radius 1 is 1.16 bits per heavy atom. The van der Waals surface area contributed by atoms with E-state index in [1.165, 1.54) is 0 Å². The molecule has 3 aliphatic rings. The van der Waals surface area contributed by atoms with Crippen molar-refractivity contribution in [1.82, 2.24) is 4.90 Å². The molecule has 0 aromatic heterocycles. The standard InChI is InChI=1S/C15H23NO3/c17-14-6-2-1-4-12(14)13-5-3-8-16(13)15(18)11-7-9-19-10-11/h11-13H,1-10H2. The number of hydrogen-bond donors (Lipinski definition) is 0. The number of rotatable bonds is 2. The van der Waals surface area contributed by atoms with E-state index in [9.17, 15) is 9.59 Å². The molecular weight excluding hydrogens is 242 g/mol. The molecule has 0 aromatic rings. The minimum absolute atomic E-state index is 0.0410. The van der Waals surface area contributed by atoms with Crippen molar-refractivity contribution in [2.45, 2.75) is 51.0 Å². The first-order valence-corrected chi connectivity index (χ1v) is 7.68. The molecule has 1 aliphatic carbocycles. The fourth-order valence-electron chi connectivity index (χ4n) is 3.87. The summed E-state index contributed by atoms with van der Waals surface area (Å²) in [5, 5.41) is 0. The number of ketones is 1. The Hall–Kier alpha value is -0.900. The zero-order valence-corrected chi connectivity index (χ0v) is 11.5. The number of Topliss-reactive ketones (excluding diaryl/α,β-unsaturated/α-hetero) is 1. The van der Waals surface area contributed by atoms with Gasteiger partial charge in [-0.15, -0.1) is 0 Å². The van der Waals surface area contributed by atoms with Crippen LogP contribution < -0.4 is 0 Å². The predicted octanol–water partition coefficient (Wildman–Crippen LogP) is 1.77. The number of hydrogen-bond acceptors (Lipinski definition) is 3. The average Bonchev–Trinajstić information content (AvgIpc) is 3.10. The Morgan fingerprint density at radius 3 is 2.79 bits per heavy atom. The molecule has 3 atom stereocenters. The zero-order chi connectivity index (χ0) is 13.2. The van der Waals surface area contributed by atoms with Crippen molar-refractivity contribution >= 4 is 11.7 Å². The van der Waals surface area contributed by atoms with Crippen LogP contribution in [0.5, 0.6) is 0 Å². The third kappa shape index (κ3) is 2.55. The van der Waals surface area contributed by atoms with Crippen molar-refractivity contribution in [1.29, 1.82) is 0 Å². The van der Waals surface area contributed by atoms with Crippen molar-refractivity contribution in [2.75, 3.05) is 19.8 Å². The molecule has 0 aromatic carbocycles. The fraction of sp³-hybridized carbons (Fsp3) is 0.867. The largest absolute Gasteiger partial charge is 0.381 e. The van der Waals surface area contributed by atoms with Crippen molar-refractivity contribution in [2.24, 2.45) is 11.8 Å². The van der Waals surface area contributed by atoms with E-state index in [-0.39, 0.29) is 23.8 Å². The third-order valence-corrected chi connectivity index (χ3v) is 4.93. The first kappa shape index (κ1) is 13.1. The molecule has 3 rings (SSSR count). The van der Waals surface area contributed by atoms with Gasteiger partial charge in [-0.25, -0.2) is 0 Å². The molecular formula is C15H23NO3. The third-order valence-electron chi connectivity index (χ3n) is 4.93. The second-order valence-corrected chi connectivity index (χ2v) is 6.12. The smallest absolute Gasteiger partial charge is 0.228 e. The second-order valence-electron chi connectivity index (χ2n) is 6.12. The molecule has 2 saturated heterocycles. The highest BCUT2D eigenvalue weighted by molar-refractivity contribution is 5.84. The minimum Gasteiger partial charge on any atom is -0.381 e. The van der Waals surface area contributed by atoms with Crippen LogP contribution in [0.2, 0.25) is 0 Å². The summed E-state index contributed by atoms with van der Waals surface area (Å²) < 4.78 is 5.33. The monoisotopic (exact) mass is 265 g/mol. The van der Waals surface area contributed by atoms with Crippen molar-refractivity contribution in [3.63, 3.8) is 0 Å². The lowest BCUT2D eigenvalue weighted by Crippen LogP contribution is -2.46. The summed E-state index contributed by atoms with van der Waals surface area (Å²) in [5.41, 5.74) is 0. The topological polar surface area (TPSA) is 46.6 Å². The Labute approximate surface area is 114 Å². The first-order chi connectivity index (χ1) is 9.27. The van der Waals surface area contributed by atoms with Crippen LogP contribution in [0.25, 0.3) is 0 Å². The van der Waals surface area contributed by atoms with Crippen LogP contribution in [0, 0.1) is 11.8 Å². The molecule has 2 heterocycles. The van der Waals surface area contributed by atoms with Gasteiger partial charge in [0.1, 0.15) is 5.78 Å². The van der Waals surface area contributed by atoms with Gasteiger partial charge in [0.05, 0.1) is 12.5 Å². The molecule has 106 valence electrons. The van der Waals surface area contributed by atoms with E-state index < -0.39 is 0 Å². The van der Waals surface area contributed by atoms with Crippen LogP contribution in [-0.4, -0.2) is 42.4 Å². The summed E-state index contributed by atoms with van der Waals surface area (Å²) in [4.78, 5) is 26.7.